The van der Waals surface area contributed by atoms with Crippen LogP contribution in [0, 0.1) is 13.8 Å². The van der Waals surface area contributed by atoms with Crippen molar-refractivity contribution in [2.45, 2.75) is 66.3 Å². The third-order valence-electron chi connectivity index (χ3n) is 23.9. The fourth-order valence-corrected chi connectivity index (χ4v) is 17.0. The molecule has 130 heavy (non-hydrogen) atoms. The van der Waals surface area contributed by atoms with Crippen molar-refractivity contribution in [3.05, 3.63) is 497 Å². The van der Waals surface area contributed by atoms with Crippen molar-refractivity contribution in [2.75, 3.05) is 26.8 Å². The second kappa shape index (κ2) is 40.0. The summed E-state index contributed by atoms with van der Waals surface area (Å²) in [6.07, 6.45) is 9.71. The maximum Gasteiger partial charge on any atom is 0.308 e. The predicted molar refractivity (Wildman–Crippen MR) is 544 cm³/mol. The number of Topliss-reactive ketones (excluding diaryl/α,β-unsaturated/α-hetero) is 1. The number of carbonyl (C=O) groups is 2. The maximum atomic E-state index is 13.5. The van der Waals surface area contributed by atoms with Crippen molar-refractivity contribution in [3.8, 4) is 22.6 Å². The summed E-state index contributed by atoms with van der Waals surface area (Å²) in [6.45, 7) is 13.1. The van der Waals surface area contributed by atoms with E-state index in [0.717, 1.165) is 108 Å². The molecule has 636 valence electrons. The molecule has 0 N–H and O–H groups in total. The molecule has 1 aliphatic carbocycles. The summed E-state index contributed by atoms with van der Waals surface area (Å²) in [6, 6.07) is 150. The number of fused-ring (bicyclic) bond motifs is 5. The van der Waals surface area contributed by atoms with Gasteiger partial charge in [-0.2, -0.15) is 5.10 Å². The Balaban J connectivity index is 0.000000149. The van der Waals surface area contributed by atoms with Crippen LogP contribution in [0.5, 0.6) is 11.5 Å². The van der Waals surface area contributed by atoms with E-state index in [1.54, 1.807) is 7.11 Å². The number of hydrogen-bond acceptors (Lipinski definition) is 9. The quantitative estimate of drug-likeness (QED) is 0.0195. The van der Waals surface area contributed by atoms with Gasteiger partial charge in [-0.3, -0.25) is 9.59 Å². The number of aromatic nitrogens is 1. The number of nitrogens with zero attached hydrogens (tertiary/aromatic N) is 6. The fourth-order valence-electron chi connectivity index (χ4n) is 17.0. The summed E-state index contributed by atoms with van der Waals surface area (Å²) < 4.78 is 13.0. The van der Waals surface area contributed by atoms with Crippen LogP contribution in [-0.2, 0) is 23.2 Å². The zero-order valence-corrected chi connectivity index (χ0v) is 74.2. The number of benzene rings is 17. The Bertz CT molecular complexity index is 6860. The molecule has 19 rings (SSSR count). The molecular weight excluding hydrogens is 1590 g/mol. The number of ether oxygens (including phenoxy) is 2. The molecule has 0 unspecified atom stereocenters. The molecule has 0 bridgehead atoms. The number of carbonyl (C=O) groups excluding carboxylic acids is 2. The highest BCUT2D eigenvalue weighted by Crippen LogP contribution is 2.43. The largest absolute Gasteiger partial charge is 0.497 e. The number of rotatable bonds is 24. The standard InChI is InChI=1S/C57H50N2O4.C36H29N.C27H23N3/c1-41(60)63-55-35-27-47(28-36-55)57(2,3)46-25-19-45(20-26-46)56(61)39-18-42-12-11-17-53(40-42)59(49-15-9-6-10-16-49)51-31-23-44(24-32-51)43-21-29-50(30-22-43)58(48-13-7-5-8-14-48)52-33-37-54(62-4)38-34-52;1-26-11-19-31(20-12-26)37(32-21-13-27(2)14-22-32)33-23-15-28(16-24-33)25-36-34-9-5-3-7-29(34)17-18-30-8-4-6-10-35(30)36;1-2-29-26-16-10-9-15-24(26)25-19-21(17-18-27(25)29)20-28-30(22-11-5-3-6-12-22)23-13-7-4-8-14-23/h5-17,19-38,40H,18,39H2,1-4H3;3-25H,1-2H3;3-20H,2H2,1H3/b;;28-20-. The van der Waals surface area contributed by atoms with Crippen LogP contribution in [0.4, 0.5) is 62.6 Å². The van der Waals surface area contributed by atoms with Gasteiger partial charge in [-0.15, -0.1) is 0 Å². The van der Waals surface area contributed by atoms with Gasteiger partial charge in [0.15, 0.2) is 5.78 Å². The third kappa shape index (κ3) is 19.9. The molecule has 0 fully saturated rings. The van der Waals surface area contributed by atoms with Crippen molar-refractivity contribution in [1.29, 1.82) is 0 Å². The van der Waals surface area contributed by atoms with Gasteiger partial charge in [0.1, 0.15) is 11.5 Å². The molecule has 1 aromatic heterocycles. The summed E-state index contributed by atoms with van der Waals surface area (Å²) in [5, 5.41) is 9.37. The average Bonchev–Trinajstić information content (AvgIpc) is 1.61. The SMILES string of the molecule is CCn1c2ccccc2c2cc(/C=N\N(c3ccccc3)c3ccccc3)ccc21.COc1ccc(N(c2ccccc2)c2ccc(-c3ccc(N(c4ccccc4)c4cccc(CCC(=O)c5ccc(C(C)(C)c6ccc(OC(C)=O)cc6)cc5)c4)cc3)cc2)cc1.Cc1ccc(N(c2ccc(C)cc2)c2ccc(C=C3c4ccccc4C=Cc4ccccc43)cc2)cc1. The van der Waals surface area contributed by atoms with E-state index in [2.05, 4.69) is 394 Å². The lowest BCUT2D eigenvalue weighted by Gasteiger charge is -2.26. The summed E-state index contributed by atoms with van der Waals surface area (Å²) in [5.74, 6) is 1.10. The van der Waals surface area contributed by atoms with Gasteiger partial charge in [0, 0.05) is 104 Å². The molecule has 0 saturated carbocycles. The van der Waals surface area contributed by atoms with Gasteiger partial charge in [-0.25, -0.2) is 5.01 Å². The van der Waals surface area contributed by atoms with Crippen molar-refractivity contribution >= 4 is 126 Å². The van der Waals surface area contributed by atoms with E-state index in [0.29, 0.717) is 24.2 Å². The van der Waals surface area contributed by atoms with Crippen molar-refractivity contribution in [2.24, 2.45) is 5.10 Å². The Labute approximate surface area is 763 Å². The summed E-state index contributed by atoms with van der Waals surface area (Å²) in [7, 11) is 1.68. The Morgan fingerprint density at radius 1 is 0.377 bits per heavy atom. The Morgan fingerprint density at radius 3 is 1.27 bits per heavy atom. The van der Waals surface area contributed by atoms with Crippen LogP contribution in [0.15, 0.2) is 436 Å². The average molecular weight is 1690 g/mol. The minimum absolute atomic E-state index is 0.104. The predicted octanol–water partition coefficient (Wildman–Crippen LogP) is 31.2. The fraction of sp³-hybridized carbons (Fsp3) is 0.0917. The van der Waals surface area contributed by atoms with Crippen LogP contribution >= 0.6 is 0 Å². The Morgan fingerprint density at radius 2 is 0.777 bits per heavy atom. The first kappa shape index (κ1) is 86.0. The van der Waals surface area contributed by atoms with E-state index in [-0.39, 0.29) is 17.2 Å². The molecule has 0 amide bonds. The van der Waals surface area contributed by atoms with Crippen molar-refractivity contribution in [1.82, 2.24) is 4.57 Å². The van der Waals surface area contributed by atoms with Gasteiger partial charge in [-0.1, -0.05) is 292 Å². The zero-order chi connectivity index (χ0) is 89.3. The lowest BCUT2D eigenvalue weighted by atomic mass is 9.78. The van der Waals surface area contributed by atoms with Crippen LogP contribution in [0.3, 0.4) is 0 Å². The van der Waals surface area contributed by atoms with Crippen LogP contribution in [0.2, 0.25) is 0 Å². The van der Waals surface area contributed by atoms with Crippen LogP contribution < -0.4 is 29.2 Å². The van der Waals surface area contributed by atoms with Gasteiger partial charge in [0.05, 0.1) is 24.7 Å². The second-order valence-electron chi connectivity index (χ2n) is 33.0. The van der Waals surface area contributed by atoms with Crippen molar-refractivity contribution in [3.63, 3.8) is 0 Å². The van der Waals surface area contributed by atoms with Gasteiger partial charge < -0.3 is 28.7 Å². The molecule has 0 radical (unpaired) electrons. The highest BCUT2D eigenvalue weighted by atomic mass is 16.5. The molecule has 18 aromatic rings. The molecule has 1 aliphatic rings. The van der Waals surface area contributed by atoms with E-state index in [1.807, 2.05) is 120 Å². The number of para-hydroxylation sites is 5. The zero-order valence-electron chi connectivity index (χ0n) is 74.2. The smallest absolute Gasteiger partial charge is 0.308 e. The molecule has 10 heteroatoms. The summed E-state index contributed by atoms with van der Waals surface area (Å²) in [5.41, 5.74) is 31.2. The summed E-state index contributed by atoms with van der Waals surface area (Å²) in [4.78, 5) is 31.7. The molecule has 17 aromatic carbocycles. The Kier molecular flexibility index (Phi) is 26.4. The number of hydrazone groups is 1. The molecule has 1 heterocycles. The van der Waals surface area contributed by atoms with E-state index >= 15 is 0 Å². The maximum absolute atomic E-state index is 13.5. The number of hydrogen-bond donors (Lipinski definition) is 0. The lowest BCUT2D eigenvalue weighted by Crippen LogP contribution is -2.19. The molecule has 10 nitrogen and oxygen atoms in total. The number of aryl methyl sites for hydroxylation is 4. The van der Waals surface area contributed by atoms with Crippen LogP contribution in [0.1, 0.15) is 106 Å². The molecule has 0 spiro atoms. The topological polar surface area (TPSA) is 82.9 Å². The summed E-state index contributed by atoms with van der Waals surface area (Å²) >= 11 is 0. The number of methoxy groups -OCH3 is 1. The van der Waals surface area contributed by atoms with E-state index in [1.165, 1.54) is 73.2 Å². The van der Waals surface area contributed by atoms with E-state index < -0.39 is 0 Å². The monoisotopic (exact) mass is 1690 g/mol. The minimum atomic E-state index is -0.344. The third-order valence-corrected chi connectivity index (χ3v) is 23.9. The highest BCUT2D eigenvalue weighted by molar-refractivity contribution is 6.10. The number of ketones is 1. The number of esters is 1. The normalized spacial score (nSPS) is 11.4. The molecule has 0 saturated heterocycles. The molecule has 0 aliphatic heterocycles. The second-order valence-corrected chi connectivity index (χ2v) is 33.0. The van der Waals surface area contributed by atoms with E-state index in [9.17, 15) is 9.59 Å². The first-order chi connectivity index (χ1) is 63.7. The minimum Gasteiger partial charge on any atom is -0.497 e. The molecule has 0 atom stereocenters. The van der Waals surface area contributed by atoms with Crippen LogP contribution in [0.25, 0.3) is 56.7 Å². The first-order valence-electron chi connectivity index (χ1n) is 44.3. The van der Waals surface area contributed by atoms with Gasteiger partial charge in [-0.05, 0) is 276 Å². The first-order valence-corrected chi connectivity index (χ1v) is 44.3. The highest BCUT2D eigenvalue weighted by Gasteiger charge is 2.26. The molecular formula is C120H102N6O4. The van der Waals surface area contributed by atoms with Gasteiger partial charge in [0.2, 0.25) is 0 Å². The van der Waals surface area contributed by atoms with Gasteiger partial charge in [0.25, 0.3) is 0 Å². The Hall–Kier alpha value is -16.2. The van der Waals surface area contributed by atoms with Gasteiger partial charge >= 0.3 is 5.97 Å². The van der Waals surface area contributed by atoms with Crippen LogP contribution in [-0.4, -0.2) is 29.6 Å². The lowest BCUT2D eigenvalue weighted by molar-refractivity contribution is -0.131. The number of anilines is 11. The van der Waals surface area contributed by atoms with E-state index in [4.69, 9.17) is 14.6 Å². The van der Waals surface area contributed by atoms with Crippen molar-refractivity contribution < 1.29 is 19.1 Å².